The normalized spacial score (nSPS) is 12.2. The molecule has 0 saturated carbocycles. The number of nitrogens with one attached hydrogen (secondary N) is 1. The van der Waals surface area contributed by atoms with E-state index in [4.69, 9.17) is 4.74 Å². The van der Waals surface area contributed by atoms with Crippen molar-refractivity contribution in [2.75, 3.05) is 25.6 Å². The standard InChI is InChI=1S/C10H15N3O4/c1-7-4-11-10(3-9(7)13(15)16)12-5-8(14)6-17-2/h3-4,8,14H,5-6H2,1-2H3,(H,11,12). The van der Waals surface area contributed by atoms with Crippen molar-refractivity contribution in [1.82, 2.24) is 4.98 Å². The Morgan fingerprint density at radius 3 is 3.00 bits per heavy atom. The van der Waals surface area contributed by atoms with Gasteiger partial charge in [-0.1, -0.05) is 0 Å². The predicted octanol–water partition coefficient (Wildman–Crippen LogP) is 0.717. The molecule has 1 aromatic heterocycles. The number of aryl methyl sites for hydroxylation is 1. The van der Waals surface area contributed by atoms with Crippen LogP contribution in [-0.2, 0) is 4.74 Å². The highest BCUT2D eigenvalue weighted by Crippen LogP contribution is 2.19. The van der Waals surface area contributed by atoms with Crippen molar-refractivity contribution in [3.63, 3.8) is 0 Å². The SMILES string of the molecule is COCC(O)CNc1cc([N+](=O)[O-])c(C)cn1. The summed E-state index contributed by atoms with van der Waals surface area (Å²) in [6.45, 7) is 2.04. The fourth-order valence-electron chi connectivity index (χ4n) is 1.28. The molecule has 1 atom stereocenters. The van der Waals surface area contributed by atoms with E-state index in [1.807, 2.05) is 0 Å². The van der Waals surface area contributed by atoms with Crippen LogP contribution in [0.4, 0.5) is 11.5 Å². The number of aromatic nitrogens is 1. The van der Waals surface area contributed by atoms with E-state index in [2.05, 4.69) is 10.3 Å². The number of nitro groups is 1. The van der Waals surface area contributed by atoms with Gasteiger partial charge in [-0.25, -0.2) is 4.98 Å². The summed E-state index contributed by atoms with van der Waals surface area (Å²) < 4.78 is 4.75. The molecule has 0 aromatic carbocycles. The number of aliphatic hydroxyl groups excluding tert-OH is 1. The fourth-order valence-corrected chi connectivity index (χ4v) is 1.28. The van der Waals surface area contributed by atoms with Gasteiger partial charge < -0.3 is 15.2 Å². The molecule has 2 N–H and O–H groups in total. The van der Waals surface area contributed by atoms with Crippen LogP contribution < -0.4 is 5.32 Å². The Morgan fingerprint density at radius 2 is 2.41 bits per heavy atom. The molecule has 1 rings (SSSR count). The van der Waals surface area contributed by atoms with Crippen molar-refractivity contribution in [1.29, 1.82) is 0 Å². The number of nitrogens with zero attached hydrogens (tertiary/aromatic N) is 2. The summed E-state index contributed by atoms with van der Waals surface area (Å²) in [4.78, 5) is 14.2. The van der Waals surface area contributed by atoms with Crippen molar-refractivity contribution in [2.24, 2.45) is 0 Å². The Bertz CT molecular complexity index is 397. The summed E-state index contributed by atoms with van der Waals surface area (Å²) in [7, 11) is 1.48. The highest BCUT2D eigenvalue weighted by Gasteiger charge is 2.12. The predicted molar refractivity (Wildman–Crippen MR) is 62.0 cm³/mol. The minimum Gasteiger partial charge on any atom is -0.389 e. The Morgan fingerprint density at radius 1 is 1.71 bits per heavy atom. The Kier molecular flexibility index (Phi) is 4.80. The van der Waals surface area contributed by atoms with Crippen molar-refractivity contribution in [3.8, 4) is 0 Å². The molecule has 94 valence electrons. The van der Waals surface area contributed by atoms with Gasteiger partial charge in [-0.05, 0) is 6.92 Å². The third-order valence-corrected chi connectivity index (χ3v) is 2.15. The molecule has 7 heteroatoms. The number of ether oxygens (including phenoxy) is 1. The van der Waals surface area contributed by atoms with Gasteiger partial charge in [0.2, 0.25) is 0 Å². The number of aliphatic hydroxyl groups is 1. The molecule has 1 unspecified atom stereocenters. The van der Waals surface area contributed by atoms with E-state index in [1.54, 1.807) is 6.92 Å². The van der Waals surface area contributed by atoms with E-state index in [0.717, 1.165) is 0 Å². The molecular formula is C10H15N3O4. The summed E-state index contributed by atoms with van der Waals surface area (Å²) in [5.74, 6) is 0.359. The second-order valence-electron chi connectivity index (χ2n) is 3.60. The summed E-state index contributed by atoms with van der Waals surface area (Å²) >= 11 is 0. The van der Waals surface area contributed by atoms with Gasteiger partial charge in [-0.3, -0.25) is 10.1 Å². The molecular weight excluding hydrogens is 226 g/mol. The van der Waals surface area contributed by atoms with Crippen LogP contribution in [0.3, 0.4) is 0 Å². The second-order valence-corrected chi connectivity index (χ2v) is 3.60. The molecule has 17 heavy (non-hydrogen) atoms. The largest absolute Gasteiger partial charge is 0.389 e. The molecule has 0 spiro atoms. The average molecular weight is 241 g/mol. The summed E-state index contributed by atoms with van der Waals surface area (Å²) in [6.07, 6.45) is 0.741. The van der Waals surface area contributed by atoms with Crippen molar-refractivity contribution in [3.05, 3.63) is 27.9 Å². The number of rotatable bonds is 6. The molecule has 0 aliphatic rings. The molecule has 0 radical (unpaired) electrons. The number of hydrogen-bond acceptors (Lipinski definition) is 6. The first-order valence-corrected chi connectivity index (χ1v) is 5.06. The van der Waals surface area contributed by atoms with Gasteiger partial charge in [-0.15, -0.1) is 0 Å². The zero-order valence-electron chi connectivity index (χ0n) is 9.71. The Balaban J connectivity index is 2.66. The molecule has 0 fully saturated rings. The molecule has 1 heterocycles. The van der Waals surface area contributed by atoms with E-state index in [0.29, 0.717) is 11.4 Å². The van der Waals surface area contributed by atoms with Gasteiger partial charge >= 0.3 is 0 Å². The van der Waals surface area contributed by atoms with Gasteiger partial charge in [0, 0.05) is 25.4 Å². The van der Waals surface area contributed by atoms with Gasteiger partial charge in [-0.2, -0.15) is 0 Å². The quantitative estimate of drug-likeness (QED) is 0.562. The van der Waals surface area contributed by atoms with E-state index in [1.165, 1.54) is 19.4 Å². The summed E-state index contributed by atoms with van der Waals surface area (Å²) in [5, 5.41) is 22.9. The van der Waals surface area contributed by atoms with Gasteiger partial charge in [0.1, 0.15) is 5.82 Å². The van der Waals surface area contributed by atoms with Gasteiger partial charge in [0.25, 0.3) is 5.69 Å². The molecule has 0 bridgehead atoms. The minimum atomic E-state index is -0.679. The zero-order chi connectivity index (χ0) is 12.8. The third-order valence-electron chi connectivity index (χ3n) is 2.15. The summed E-state index contributed by atoms with van der Waals surface area (Å²) in [6, 6.07) is 1.34. The maximum absolute atomic E-state index is 10.7. The lowest BCUT2D eigenvalue weighted by molar-refractivity contribution is -0.385. The first-order chi connectivity index (χ1) is 8.04. The molecule has 0 aliphatic heterocycles. The van der Waals surface area contributed by atoms with Crippen molar-refractivity contribution < 1.29 is 14.8 Å². The third kappa shape index (κ3) is 3.97. The second kappa shape index (κ2) is 6.12. The Labute approximate surface area is 98.6 Å². The van der Waals surface area contributed by atoms with Crippen LogP contribution in [0.5, 0.6) is 0 Å². The molecule has 0 amide bonds. The van der Waals surface area contributed by atoms with E-state index in [9.17, 15) is 15.2 Å². The van der Waals surface area contributed by atoms with Gasteiger partial charge in [0.15, 0.2) is 0 Å². The average Bonchev–Trinajstić information content (AvgIpc) is 2.28. The zero-order valence-corrected chi connectivity index (χ0v) is 9.71. The monoisotopic (exact) mass is 241 g/mol. The highest BCUT2D eigenvalue weighted by atomic mass is 16.6. The number of hydrogen-bond donors (Lipinski definition) is 2. The minimum absolute atomic E-state index is 0.00345. The van der Waals surface area contributed by atoms with Crippen LogP contribution in [0.15, 0.2) is 12.3 Å². The lowest BCUT2D eigenvalue weighted by atomic mass is 10.2. The smallest absolute Gasteiger partial charge is 0.277 e. The number of methoxy groups -OCH3 is 1. The fraction of sp³-hybridized carbons (Fsp3) is 0.500. The number of pyridine rings is 1. The maximum Gasteiger partial charge on any atom is 0.277 e. The topological polar surface area (TPSA) is 97.5 Å². The molecule has 0 saturated heterocycles. The van der Waals surface area contributed by atoms with E-state index in [-0.39, 0.29) is 18.8 Å². The number of anilines is 1. The van der Waals surface area contributed by atoms with Gasteiger partial charge in [0.05, 0.1) is 23.7 Å². The van der Waals surface area contributed by atoms with Crippen LogP contribution in [0, 0.1) is 17.0 Å². The highest BCUT2D eigenvalue weighted by molar-refractivity contribution is 5.48. The van der Waals surface area contributed by atoms with Crippen molar-refractivity contribution in [2.45, 2.75) is 13.0 Å². The molecule has 7 nitrogen and oxygen atoms in total. The van der Waals surface area contributed by atoms with Crippen LogP contribution in [0.1, 0.15) is 5.56 Å². The first-order valence-electron chi connectivity index (χ1n) is 5.06. The molecule has 1 aromatic rings. The first kappa shape index (κ1) is 13.3. The summed E-state index contributed by atoms with van der Waals surface area (Å²) in [5.41, 5.74) is 0.502. The van der Waals surface area contributed by atoms with Crippen molar-refractivity contribution >= 4 is 11.5 Å². The van der Waals surface area contributed by atoms with Crippen LogP contribution in [0.2, 0.25) is 0 Å². The maximum atomic E-state index is 10.7. The Hall–Kier alpha value is -1.73. The van der Waals surface area contributed by atoms with E-state index < -0.39 is 11.0 Å². The van der Waals surface area contributed by atoms with E-state index >= 15 is 0 Å². The van der Waals surface area contributed by atoms with Crippen LogP contribution >= 0.6 is 0 Å². The lowest BCUT2D eigenvalue weighted by Gasteiger charge is -2.11. The molecule has 0 aliphatic carbocycles. The lowest BCUT2D eigenvalue weighted by Crippen LogP contribution is -2.24. The van der Waals surface area contributed by atoms with Crippen LogP contribution in [-0.4, -0.2) is 41.4 Å². The van der Waals surface area contributed by atoms with Crippen LogP contribution in [0.25, 0.3) is 0 Å².